The highest BCUT2D eigenvalue weighted by Gasteiger charge is 2.25. The van der Waals surface area contributed by atoms with Crippen LogP contribution >= 0.6 is 0 Å². The molecule has 0 radical (unpaired) electrons. The first-order valence-corrected chi connectivity index (χ1v) is 14.0. The standard InChI is InChI=1S/C32H32FN5O5/c1-36(2)31(42)22-8-12-24(13-9-22)38-25-18-21(17-20-6-10-23(33)11-7-20)19-35-28(25)29(40)27(32(38)43)30(41)34-14-4-16-37-15-3-5-26(37)39/h6-13,18-19,40H,3-5,14-17H2,1-2H3,(H,34,41). The van der Waals surface area contributed by atoms with E-state index < -0.39 is 22.8 Å². The van der Waals surface area contributed by atoms with Crippen LogP contribution in [-0.2, 0) is 11.2 Å². The predicted octanol–water partition coefficient (Wildman–Crippen LogP) is 3.27. The Labute approximate surface area is 247 Å². The molecule has 1 fully saturated rings. The lowest BCUT2D eigenvalue weighted by molar-refractivity contribution is -0.127. The molecular formula is C32H32FN5O5. The number of likely N-dealkylation sites (tertiary alicyclic amines) is 1. The van der Waals surface area contributed by atoms with Gasteiger partial charge in [-0.25, -0.2) is 4.39 Å². The Kier molecular flexibility index (Phi) is 8.51. The molecule has 0 saturated carbocycles. The zero-order valence-corrected chi connectivity index (χ0v) is 24.0. The Morgan fingerprint density at radius 1 is 1.05 bits per heavy atom. The lowest BCUT2D eigenvalue weighted by Crippen LogP contribution is -2.35. The van der Waals surface area contributed by atoms with Crippen molar-refractivity contribution in [2.24, 2.45) is 0 Å². The number of hydrogen-bond acceptors (Lipinski definition) is 6. The van der Waals surface area contributed by atoms with Gasteiger partial charge in [-0.15, -0.1) is 0 Å². The molecule has 4 aromatic rings. The zero-order valence-electron chi connectivity index (χ0n) is 24.0. The van der Waals surface area contributed by atoms with Crippen molar-refractivity contribution in [2.45, 2.75) is 25.7 Å². The molecule has 0 aliphatic carbocycles. The monoisotopic (exact) mass is 585 g/mol. The first-order chi connectivity index (χ1) is 20.6. The summed E-state index contributed by atoms with van der Waals surface area (Å²) >= 11 is 0. The minimum absolute atomic E-state index is 0.0451. The van der Waals surface area contributed by atoms with Crippen molar-refractivity contribution in [3.05, 3.63) is 99.2 Å². The molecule has 222 valence electrons. The molecule has 2 N–H and O–H groups in total. The fourth-order valence-electron chi connectivity index (χ4n) is 5.20. The minimum Gasteiger partial charge on any atom is -0.505 e. The molecule has 1 aliphatic rings. The van der Waals surface area contributed by atoms with Crippen LogP contribution in [0.3, 0.4) is 0 Å². The van der Waals surface area contributed by atoms with Crippen molar-refractivity contribution in [3.8, 4) is 11.4 Å². The van der Waals surface area contributed by atoms with E-state index in [4.69, 9.17) is 0 Å². The van der Waals surface area contributed by atoms with E-state index >= 15 is 0 Å². The molecule has 5 rings (SSSR count). The first kappa shape index (κ1) is 29.4. The van der Waals surface area contributed by atoms with Crippen LogP contribution in [0.4, 0.5) is 4.39 Å². The highest BCUT2D eigenvalue weighted by Crippen LogP contribution is 2.28. The number of hydrogen-bond donors (Lipinski definition) is 2. The molecule has 0 spiro atoms. The van der Waals surface area contributed by atoms with Gasteiger partial charge in [0.05, 0.1) is 5.52 Å². The number of nitrogens with one attached hydrogen (secondary N) is 1. The highest BCUT2D eigenvalue weighted by atomic mass is 19.1. The molecule has 43 heavy (non-hydrogen) atoms. The van der Waals surface area contributed by atoms with Crippen LogP contribution < -0.4 is 10.9 Å². The lowest BCUT2D eigenvalue weighted by atomic mass is 10.0. The molecule has 1 saturated heterocycles. The van der Waals surface area contributed by atoms with Crippen LogP contribution in [0.5, 0.6) is 5.75 Å². The van der Waals surface area contributed by atoms with Crippen LogP contribution in [0, 0.1) is 5.82 Å². The van der Waals surface area contributed by atoms with E-state index in [-0.39, 0.29) is 35.2 Å². The third-order valence-corrected chi connectivity index (χ3v) is 7.43. The van der Waals surface area contributed by atoms with Crippen LogP contribution in [0.1, 0.15) is 51.1 Å². The molecule has 11 heteroatoms. The third-order valence-electron chi connectivity index (χ3n) is 7.43. The number of benzene rings is 2. The smallest absolute Gasteiger partial charge is 0.272 e. The SMILES string of the molecule is CN(C)C(=O)c1ccc(-n2c(=O)c(C(=O)NCCCN3CCCC3=O)c(O)c3ncc(Cc4ccc(F)cc4)cc32)cc1. The molecular weight excluding hydrogens is 553 g/mol. The Hall–Kier alpha value is -5.06. The summed E-state index contributed by atoms with van der Waals surface area (Å²) in [6.07, 6.45) is 3.76. The van der Waals surface area contributed by atoms with Crippen LogP contribution in [0.2, 0.25) is 0 Å². The molecule has 10 nitrogen and oxygen atoms in total. The van der Waals surface area contributed by atoms with Crippen LogP contribution in [0.25, 0.3) is 16.7 Å². The van der Waals surface area contributed by atoms with E-state index in [0.29, 0.717) is 49.2 Å². The normalized spacial score (nSPS) is 13.0. The Morgan fingerprint density at radius 3 is 2.42 bits per heavy atom. The molecule has 3 heterocycles. The fraction of sp³-hybridized carbons (Fsp3) is 0.281. The van der Waals surface area contributed by atoms with E-state index in [1.165, 1.54) is 27.8 Å². The summed E-state index contributed by atoms with van der Waals surface area (Å²) in [6.45, 7) is 1.38. The Morgan fingerprint density at radius 2 is 1.77 bits per heavy atom. The van der Waals surface area contributed by atoms with Gasteiger partial charge in [-0.05, 0) is 72.9 Å². The number of halogens is 1. The number of fused-ring (bicyclic) bond motifs is 1. The number of carbonyl (C=O) groups excluding carboxylic acids is 3. The van der Waals surface area contributed by atoms with Gasteiger partial charge in [-0.2, -0.15) is 0 Å². The van der Waals surface area contributed by atoms with Crippen molar-refractivity contribution in [1.29, 1.82) is 0 Å². The molecule has 1 aliphatic heterocycles. The van der Waals surface area contributed by atoms with Gasteiger partial charge in [0, 0.05) is 57.6 Å². The van der Waals surface area contributed by atoms with Gasteiger partial charge >= 0.3 is 0 Å². The topological polar surface area (TPSA) is 125 Å². The molecule has 2 aromatic heterocycles. The zero-order chi connectivity index (χ0) is 30.7. The number of pyridine rings is 2. The van der Waals surface area contributed by atoms with E-state index in [9.17, 15) is 28.7 Å². The summed E-state index contributed by atoms with van der Waals surface area (Å²) in [4.78, 5) is 59.1. The second-order valence-electron chi connectivity index (χ2n) is 10.7. The number of nitrogens with zero attached hydrogens (tertiary/aromatic N) is 4. The summed E-state index contributed by atoms with van der Waals surface area (Å²) < 4.78 is 14.7. The first-order valence-electron chi connectivity index (χ1n) is 14.0. The van der Waals surface area contributed by atoms with Crippen molar-refractivity contribution in [1.82, 2.24) is 24.7 Å². The second kappa shape index (κ2) is 12.4. The third kappa shape index (κ3) is 6.25. The maximum absolute atomic E-state index is 13.9. The predicted molar refractivity (Wildman–Crippen MR) is 159 cm³/mol. The van der Waals surface area contributed by atoms with Gasteiger partial charge in [0.2, 0.25) is 5.91 Å². The maximum Gasteiger partial charge on any atom is 0.272 e. The number of rotatable bonds is 9. The maximum atomic E-state index is 13.9. The summed E-state index contributed by atoms with van der Waals surface area (Å²) in [5.74, 6) is -1.79. The lowest BCUT2D eigenvalue weighted by Gasteiger charge is -2.17. The van der Waals surface area contributed by atoms with E-state index in [2.05, 4.69) is 10.3 Å². The quantitative estimate of drug-likeness (QED) is 0.291. The van der Waals surface area contributed by atoms with Gasteiger partial charge in [-0.1, -0.05) is 12.1 Å². The van der Waals surface area contributed by atoms with E-state index in [1.54, 1.807) is 61.5 Å². The van der Waals surface area contributed by atoms with Gasteiger partial charge in [0.25, 0.3) is 17.4 Å². The van der Waals surface area contributed by atoms with Crippen molar-refractivity contribution >= 4 is 28.8 Å². The van der Waals surface area contributed by atoms with Gasteiger partial charge < -0.3 is 20.2 Å². The van der Waals surface area contributed by atoms with Crippen molar-refractivity contribution in [3.63, 3.8) is 0 Å². The van der Waals surface area contributed by atoms with Crippen LogP contribution in [-0.4, -0.2) is 75.9 Å². The van der Waals surface area contributed by atoms with Crippen LogP contribution in [0.15, 0.2) is 65.6 Å². The summed E-state index contributed by atoms with van der Waals surface area (Å²) in [6, 6.07) is 14.1. The summed E-state index contributed by atoms with van der Waals surface area (Å²) in [5.41, 5.74) is 1.38. The van der Waals surface area contributed by atoms with Gasteiger partial charge in [-0.3, -0.25) is 28.7 Å². The Bertz CT molecular complexity index is 1750. The number of carbonyl (C=O) groups is 3. The minimum atomic E-state index is -0.762. The Balaban J connectivity index is 1.53. The fourth-order valence-corrected chi connectivity index (χ4v) is 5.20. The van der Waals surface area contributed by atoms with E-state index in [0.717, 1.165) is 12.0 Å². The second-order valence-corrected chi connectivity index (χ2v) is 10.7. The average molecular weight is 586 g/mol. The molecule has 0 unspecified atom stereocenters. The van der Waals surface area contributed by atoms with Crippen molar-refractivity contribution in [2.75, 3.05) is 33.7 Å². The molecule has 3 amide bonds. The van der Waals surface area contributed by atoms with Crippen molar-refractivity contribution < 1.29 is 23.9 Å². The average Bonchev–Trinajstić information content (AvgIpc) is 3.40. The molecule has 2 aromatic carbocycles. The van der Waals surface area contributed by atoms with E-state index in [1.807, 2.05) is 0 Å². The van der Waals surface area contributed by atoms with Gasteiger partial charge in [0.1, 0.15) is 16.9 Å². The largest absolute Gasteiger partial charge is 0.505 e. The summed E-state index contributed by atoms with van der Waals surface area (Å²) in [7, 11) is 3.27. The molecule has 0 atom stereocenters. The summed E-state index contributed by atoms with van der Waals surface area (Å²) in [5, 5.41) is 13.8. The molecule has 0 bridgehead atoms. The highest BCUT2D eigenvalue weighted by molar-refractivity contribution is 6.01. The number of aromatic hydroxyl groups is 1. The number of aromatic nitrogens is 2. The number of amides is 3. The van der Waals surface area contributed by atoms with Gasteiger partial charge in [0.15, 0.2) is 5.75 Å².